The molecule has 2 aromatic rings. The maximum Gasteiger partial charge on any atom is 0.255 e. The average molecular weight is 337 g/mol. The Balaban J connectivity index is 1.62. The molecule has 1 amide bonds. The van der Waals surface area contributed by atoms with E-state index < -0.39 is 0 Å². The maximum absolute atomic E-state index is 13.3. The van der Waals surface area contributed by atoms with Gasteiger partial charge in [0.1, 0.15) is 0 Å². The van der Waals surface area contributed by atoms with Crippen LogP contribution in [0.2, 0.25) is 0 Å². The zero-order valence-corrected chi connectivity index (χ0v) is 15.2. The van der Waals surface area contributed by atoms with Crippen LogP contribution < -0.4 is 0 Å². The van der Waals surface area contributed by atoms with Crippen molar-refractivity contribution in [2.75, 3.05) is 26.2 Å². The Labute approximate surface area is 150 Å². The summed E-state index contributed by atoms with van der Waals surface area (Å²) >= 11 is 0. The van der Waals surface area contributed by atoms with Gasteiger partial charge in [-0.05, 0) is 57.9 Å². The van der Waals surface area contributed by atoms with Crippen LogP contribution in [-0.2, 0) is 0 Å². The summed E-state index contributed by atoms with van der Waals surface area (Å²) in [5.41, 5.74) is 4.13. The summed E-state index contributed by atoms with van der Waals surface area (Å²) in [6, 6.07) is 12.9. The minimum absolute atomic E-state index is 0.198. The first-order chi connectivity index (χ1) is 12.1. The van der Waals surface area contributed by atoms with Gasteiger partial charge < -0.3 is 9.47 Å². The smallest absolute Gasteiger partial charge is 0.255 e. The number of rotatable bonds is 2. The fraction of sp³-hybridized carbons (Fsp3) is 0.476. The lowest BCUT2D eigenvalue weighted by atomic mass is 10.1. The number of para-hydroxylation sites is 1. The van der Waals surface area contributed by atoms with Gasteiger partial charge >= 0.3 is 0 Å². The number of benzene rings is 1. The molecule has 2 fully saturated rings. The quantitative estimate of drug-likeness (QED) is 0.840. The third-order valence-electron chi connectivity index (χ3n) is 5.77. The molecule has 0 aliphatic carbocycles. The molecule has 0 spiro atoms. The van der Waals surface area contributed by atoms with E-state index in [-0.39, 0.29) is 5.91 Å². The van der Waals surface area contributed by atoms with Crippen molar-refractivity contribution in [3.05, 3.63) is 53.3 Å². The van der Waals surface area contributed by atoms with Crippen LogP contribution >= 0.6 is 0 Å². The highest BCUT2D eigenvalue weighted by Crippen LogP contribution is 2.25. The van der Waals surface area contributed by atoms with E-state index in [2.05, 4.69) is 46.4 Å². The zero-order valence-electron chi connectivity index (χ0n) is 15.2. The molecule has 1 aromatic heterocycles. The number of aryl methyl sites for hydroxylation is 1. The first-order valence-electron chi connectivity index (χ1n) is 9.43. The second-order valence-corrected chi connectivity index (χ2v) is 7.39. The SMILES string of the molecule is Cc1cc(C(=O)N2CCCN3CCC[C@@H]3C2)c(C)n1-c1ccccc1. The first-order valence-corrected chi connectivity index (χ1v) is 9.43. The molecular formula is C21H27N3O. The largest absolute Gasteiger partial charge is 0.337 e. The van der Waals surface area contributed by atoms with Crippen molar-refractivity contribution in [2.24, 2.45) is 0 Å². The molecule has 4 rings (SSSR count). The fourth-order valence-electron chi connectivity index (χ4n) is 4.52. The lowest BCUT2D eigenvalue weighted by molar-refractivity contribution is 0.0742. The molecule has 0 radical (unpaired) electrons. The lowest BCUT2D eigenvalue weighted by Crippen LogP contribution is -2.39. The van der Waals surface area contributed by atoms with Gasteiger partial charge in [0, 0.05) is 42.8 Å². The van der Waals surface area contributed by atoms with Crippen LogP contribution in [-0.4, -0.2) is 52.5 Å². The van der Waals surface area contributed by atoms with Crippen molar-refractivity contribution in [2.45, 2.75) is 39.2 Å². The molecular weight excluding hydrogens is 310 g/mol. The number of hydrogen-bond donors (Lipinski definition) is 0. The van der Waals surface area contributed by atoms with Crippen LogP contribution in [0.25, 0.3) is 5.69 Å². The third kappa shape index (κ3) is 2.99. The maximum atomic E-state index is 13.3. The number of carbonyl (C=O) groups excluding carboxylic acids is 1. The van der Waals surface area contributed by atoms with Gasteiger partial charge in [0.2, 0.25) is 0 Å². The van der Waals surface area contributed by atoms with Crippen LogP contribution in [0, 0.1) is 13.8 Å². The number of fused-ring (bicyclic) bond motifs is 1. The Hall–Kier alpha value is -2.07. The van der Waals surface area contributed by atoms with E-state index in [0.29, 0.717) is 6.04 Å². The molecule has 25 heavy (non-hydrogen) atoms. The highest BCUT2D eigenvalue weighted by molar-refractivity contribution is 5.96. The van der Waals surface area contributed by atoms with Crippen molar-refractivity contribution in [3.8, 4) is 5.69 Å². The zero-order chi connectivity index (χ0) is 17.4. The molecule has 0 bridgehead atoms. The van der Waals surface area contributed by atoms with Gasteiger partial charge in [-0.15, -0.1) is 0 Å². The number of nitrogens with zero attached hydrogens (tertiary/aromatic N) is 3. The number of amides is 1. The molecule has 4 heteroatoms. The second kappa shape index (κ2) is 6.68. The summed E-state index contributed by atoms with van der Waals surface area (Å²) < 4.78 is 2.19. The van der Waals surface area contributed by atoms with Gasteiger partial charge in [0.15, 0.2) is 0 Å². The van der Waals surface area contributed by atoms with E-state index in [1.165, 1.54) is 19.4 Å². The van der Waals surface area contributed by atoms with Crippen LogP contribution in [0.3, 0.4) is 0 Å². The Morgan fingerprint density at radius 1 is 1.04 bits per heavy atom. The topological polar surface area (TPSA) is 28.5 Å². The molecule has 0 N–H and O–H groups in total. The first kappa shape index (κ1) is 16.4. The van der Waals surface area contributed by atoms with Gasteiger partial charge in [-0.2, -0.15) is 0 Å². The summed E-state index contributed by atoms with van der Waals surface area (Å²) in [5, 5.41) is 0. The van der Waals surface area contributed by atoms with Gasteiger partial charge in [-0.1, -0.05) is 18.2 Å². The van der Waals surface area contributed by atoms with Crippen molar-refractivity contribution < 1.29 is 4.79 Å². The predicted molar refractivity (Wildman–Crippen MR) is 100 cm³/mol. The molecule has 1 aromatic carbocycles. The Kier molecular flexibility index (Phi) is 4.38. The summed E-state index contributed by atoms with van der Waals surface area (Å²) in [4.78, 5) is 17.9. The molecule has 2 aliphatic rings. The molecule has 4 nitrogen and oxygen atoms in total. The normalized spacial score (nSPS) is 21.2. The molecule has 3 heterocycles. The van der Waals surface area contributed by atoms with Gasteiger partial charge in [-0.3, -0.25) is 9.69 Å². The van der Waals surface area contributed by atoms with Crippen molar-refractivity contribution in [1.82, 2.24) is 14.4 Å². The summed E-state index contributed by atoms with van der Waals surface area (Å²) in [7, 11) is 0. The van der Waals surface area contributed by atoms with Gasteiger partial charge in [0.05, 0.1) is 5.56 Å². The minimum atomic E-state index is 0.198. The number of carbonyl (C=O) groups is 1. The van der Waals surface area contributed by atoms with Crippen LogP contribution in [0.5, 0.6) is 0 Å². The molecule has 0 unspecified atom stereocenters. The van der Waals surface area contributed by atoms with Crippen molar-refractivity contribution in [3.63, 3.8) is 0 Å². The summed E-state index contributed by atoms with van der Waals surface area (Å²) in [6.07, 6.45) is 3.59. The number of aromatic nitrogens is 1. The molecule has 2 aliphatic heterocycles. The standard InChI is InChI=1S/C21H27N3O/c1-16-14-20(17(2)24(16)18-8-4-3-5-9-18)21(25)23-13-7-12-22-11-6-10-19(22)15-23/h3-5,8-9,14,19H,6-7,10-13,15H2,1-2H3/t19-/m1/s1. The fourth-order valence-corrected chi connectivity index (χ4v) is 4.52. The van der Waals surface area contributed by atoms with Crippen LogP contribution in [0.15, 0.2) is 36.4 Å². The van der Waals surface area contributed by atoms with E-state index in [9.17, 15) is 4.79 Å². The predicted octanol–water partition coefficient (Wildman–Crippen LogP) is 3.40. The summed E-state index contributed by atoms with van der Waals surface area (Å²) in [6.45, 7) is 8.24. The Bertz CT molecular complexity index is 765. The average Bonchev–Trinajstić information content (AvgIpc) is 3.11. The molecule has 132 valence electrons. The van der Waals surface area contributed by atoms with E-state index in [1.54, 1.807) is 0 Å². The van der Waals surface area contributed by atoms with Crippen molar-refractivity contribution in [1.29, 1.82) is 0 Å². The highest BCUT2D eigenvalue weighted by Gasteiger charge is 2.31. The third-order valence-corrected chi connectivity index (χ3v) is 5.77. The van der Waals surface area contributed by atoms with Crippen LogP contribution in [0.4, 0.5) is 0 Å². The van der Waals surface area contributed by atoms with Crippen molar-refractivity contribution >= 4 is 5.91 Å². The second-order valence-electron chi connectivity index (χ2n) is 7.39. The van der Waals surface area contributed by atoms with E-state index in [0.717, 1.165) is 48.7 Å². The van der Waals surface area contributed by atoms with Gasteiger partial charge in [0.25, 0.3) is 5.91 Å². The lowest BCUT2D eigenvalue weighted by Gasteiger charge is -2.25. The molecule has 1 atom stereocenters. The monoisotopic (exact) mass is 337 g/mol. The van der Waals surface area contributed by atoms with E-state index in [4.69, 9.17) is 0 Å². The Morgan fingerprint density at radius 2 is 1.80 bits per heavy atom. The minimum Gasteiger partial charge on any atom is -0.337 e. The molecule has 0 saturated carbocycles. The highest BCUT2D eigenvalue weighted by atomic mass is 16.2. The van der Waals surface area contributed by atoms with E-state index >= 15 is 0 Å². The Morgan fingerprint density at radius 3 is 2.60 bits per heavy atom. The molecule has 2 saturated heterocycles. The van der Waals surface area contributed by atoms with E-state index in [1.807, 2.05) is 18.2 Å². The number of hydrogen-bond acceptors (Lipinski definition) is 2. The van der Waals surface area contributed by atoms with Gasteiger partial charge in [-0.25, -0.2) is 0 Å². The van der Waals surface area contributed by atoms with Crippen LogP contribution in [0.1, 0.15) is 41.0 Å². The summed E-state index contributed by atoms with van der Waals surface area (Å²) in [5.74, 6) is 0.198.